The van der Waals surface area contributed by atoms with E-state index in [1.165, 1.54) is 0 Å². The van der Waals surface area contributed by atoms with Crippen LogP contribution in [0.1, 0.15) is 31.9 Å². The van der Waals surface area contributed by atoms with Crippen LogP contribution in [0.2, 0.25) is 0 Å². The smallest absolute Gasteiger partial charge is 0.213 e. The van der Waals surface area contributed by atoms with Gasteiger partial charge in [0.1, 0.15) is 0 Å². The van der Waals surface area contributed by atoms with Gasteiger partial charge in [0.05, 0.1) is 5.75 Å². The van der Waals surface area contributed by atoms with Crippen LogP contribution in [0.15, 0.2) is 30.3 Å². The second-order valence-corrected chi connectivity index (χ2v) is 6.04. The van der Waals surface area contributed by atoms with E-state index in [0.29, 0.717) is 6.54 Å². The van der Waals surface area contributed by atoms with Crippen LogP contribution in [0.4, 0.5) is 0 Å². The Morgan fingerprint density at radius 2 is 1.83 bits per heavy atom. The van der Waals surface area contributed by atoms with Crippen LogP contribution >= 0.6 is 0 Å². The van der Waals surface area contributed by atoms with Crippen LogP contribution in [0.5, 0.6) is 0 Å². The Labute approximate surface area is 110 Å². The standard InChI is InChI=1S/C13H22N2O2S/c1-3-13(12-8-6-5-7-9-12)15-18(16,17)11-10-14-4-2/h5-9,13-15H,3-4,10-11H2,1-2H3. The van der Waals surface area contributed by atoms with E-state index in [-0.39, 0.29) is 11.8 Å². The molecule has 1 unspecified atom stereocenters. The van der Waals surface area contributed by atoms with Gasteiger partial charge in [0.15, 0.2) is 0 Å². The molecular formula is C13H22N2O2S. The van der Waals surface area contributed by atoms with Crippen molar-refractivity contribution in [1.82, 2.24) is 10.0 Å². The van der Waals surface area contributed by atoms with Crippen molar-refractivity contribution in [1.29, 1.82) is 0 Å². The first-order valence-electron chi connectivity index (χ1n) is 6.34. The fourth-order valence-corrected chi connectivity index (χ4v) is 3.00. The number of hydrogen-bond acceptors (Lipinski definition) is 3. The zero-order valence-electron chi connectivity index (χ0n) is 11.0. The first kappa shape index (κ1) is 15.1. The number of benzene rings is 1. The lowest BCUT2D eigenvalue weighted by atomic mass is 10.1. The third-order valence-electron chi connectivity index (χ3n) is 2.73. The predicted octanol–water partition coefficient (Wildman–Crippen LogP) is 1.67. The summed E-state index contributed by atoms with van der Waals surface area (Å²) in [4.78, 5) is 0. The predicted molar refractivity (Wildman–Crippen MR) is 74.9 cm³/mol. The SMILES string of the molecule is CCNCCS(=O)(=O)NC(CC)c1ccccc1. The highest BCUT2D eigenvalue weighted by atomic mass is 32.2. The van der Waals surface area contributed by atoms with Crippen molar-refractivity contribution in [3.63, 3.8) is 0 Å². The Hall–Kier alpha value is -0.910. The average Bonchev–Trinajstić information content (AvgIpc) is 2.37. The molecule has 1 aromatic rings. The molecule has 0 bridgehead atoms. The number of sulfonamides is 1. The van der Waals surface area contributed by atoms with E-state index in [1.807, 2.05) is 44.2 Å². The molecule has 1 rings (SSSR count). The summed E-state index contributed by atoms with van der Waals surface area (Å²) < 4.78 is 26.5. The van der Waals surface area contributed by atoms with Crippen molar-refractivity contribution in [3.05, 3.63) is 35.9 Å². The van der Waals surface area contributed by atoms with Gasteiger partial charge in [0.2, 0.25) is 10.0 Å². The monoisotopic (exact) mass is 270 g/mol. The molecule has 0 aromatic heterocycles. The Balaban J connectivity index is 2.63. The zero-order valence-corrected chi connectivity index (χ0v) is 11.8. The van der Waals surface area contributed by atoms with Gasteiger partial charge in [-0.3, -0.25) is 0 Å². The van der Waals surface area contributed by atoms with Crippen LogP contribution in [-0.2, 0) is 10.0 Å². The fourth-order valence-electron chi connectivity index (χ4n) is 1.73. The van der Waals surface area contributed by atoms with E-state index in [4.69, 9.17) is 0 Å². The first-order chi connectivity index (χ1) is 8.59. The molecule has 0 saturated carbocycles. The Morgan fingerprint density at radius 3 is 2.39 bits per heavy atom. The normalized spacial score (nSPS) is 13.4. The van der Waals surface area contributed by atoms with E-state index in [0.717, 1.165) is 18.5 Å². The second-order valence-electron chi connectivity index (χ2n) is 4.16. The topological polar surface area (TPSA) is 58.2 Å². The summed E-state index contributed by atoms with van der Waals surface area (Å²) >= 11 is 0. The van der Waals surface area contributed by atoms with Gasteiger partial charge < -0.3 is 5.32 Å². The molecule has 0 radical (unpaired) electrons. The third-order valence-corrected chi connectivity index (χ3v) is 4.11. The molecule has 5 heteroatoms. The van der Waals surface area contributed by atoms with Crippen LogP contribution in [0.25, 0.3) is 0 Å². The van der Waals surface area contributed by atoms with Crippen molar-refractivity contribution in [2.24, 2.45) is 0 Å². The fraction of sp³-hybridized carbons (Fsp3) is 0.538. The van der Waals surface area contributed by atoms with E-state index in [2.05, 4.69) is 10.0 Å². The van der Waals surface area contributed by atoms with Crippen molar-refractivity contribution in [3.8, 4) is 0 Å². The minimum absolute atomic E-state index is 0.115. The zero-order chi connectivity index (χ0) is 13.4. The van der Waals surface area contributed by atoms with Crippen LogP contribution in [0.3, 0.4) is 0 Å². The molecule has 2 N–H and O–H groups in total. The summed E-state index contributed by atoms with van der Waals surface area (Å²) in [5.74, 6) is 0.115. The van der Waals surface area contributed by atoms with Crippen molar-refractivity contribution >= 4 is 10.0 Å². The van der Waals surface area contributed by atoms with Crippen molar-refractivity contribution in [2.75, 3.05) is 18.8 Å². The Bertz CT molecular complexity index is 432. The van der Waals surface area contributed by atoms with Crippen LogP contribution in [-0.4, -0.2) is 27.3 Å². The van der Waals surface area contributed by atoms with Crippen molar-refractivity contribution < 1.29 is 8.42 Å². The van der Waals surface area contributed by atoms with Crippen molar-refractivity contribution in [2.45, 2.75) is 26.3 Å². The van der Waals surface area contributed by atoms with Gasteiger partial charge in [0, 0.05) is 12.6 Å². The van der Waals surface area contributed by atoms with E-state index in [1.54, 1.807) is 0 Å². The van der Waals surface area contributed by atoms with Gasteiger partial charge in [-0.1, -0.05) is 44.2 Å². The quantitative estimate of drug-likeness (QED) is 0.706. The molecule has 1 aromatic carbocycles. The molecule has 0 fully saturated rings. The molecular weight excluding hydrogens is 248 g/mol. The second kappa shape index (κ2) is 7.51. The summed E-state index contributed by atoms with van der Waals surface area (Å²) in [5, 5.41) is 3.02. The molecule has 18 heavy (non-hydrogen) atoms. The summed E-state index contributed by atoms with van der Waals surface area (Å²) in [6.07, 6.45) is 0.741. The summed E-state index contributed by atoms with van der Waals surface area (Å²) in [6.45, 7) is 5.20. The third kappa shape index (κ3) is 5.16. The van der Waals surface area contributed by atoms with Gasteiger partial charge in [-0.15, -0.1) is 0 Å². The number of nitrogens with one attached hydrogen (secondary N) is 2. The summed E-state index contributed by atoms with van der Waals surface area (Å²) in [7, 11) is -3.23. The molecule has 1 atom stereocenters. The Morgan fingerprint density at radius 1 is 1.17 bits per heavy atom. The van der Waals surface area contributed by atoms with Crippen LogP contribution in [0, 0.1) is 0 Å². The molecule has 0 aliphatic carbocycles. The first-order valence-corrected chi connectivity index (χ1v) is 8.00. The van der Waals surface area contributed by atoms with Gasteiger partial charge in [-0.05, 0) is 18.5 Å². The van der Waals surface area contributed by atoms with Gasteiger partial charge in [0.25, 0.3) is 0 Å². The van der Waals surface area contributed by atoms with Gasteiger partial charge >= 0.3 is 0 Å². The minimum atomic E-state index is -3.23. The minimum Gasteiger partial charge on any atom is -0.316 e. The van der Waals surface area contributed by atoms with E-state index in [9.17, 15) is 8.42 Å². The molecule has 102 valence electrons. The van der Waals surface area contributed by atoms with Gasteiger partial charge in [-0.25, -0.2) is 13.1 Å². The highest BCUT2D eigenvalue weighted by Crippen LogP contribution is 2.16. The maximum atomic E-state index is 11.9. The molecule has 0 heterocycles. The highest BCUT2D eigenvalue weighted by Gasteiger charge is 2.17. The van der Waals surface area contributed by atoms with E-state index < -0.39 is 10.0 Å². The lowest BCUT2D eigenvalue weighted by Crippen LogP contribution is -2.34. The van der Waals surface area contributed by atoms with E-state index >= 15 is 0 Å². The lowest BCUT2D eigenvalue weighted by Gasteiger charge is -2.17. The number of rotatable bonds is 8. The molecule has 4 nitrogen and oxygen atoms in total. The average molecular weight is 270 g/mol. The largest absolute Gasteiger partial charge is 0.316 e. The van der Waals surface area contributed by atoms with Gasteiger partial charge in [-0.2, -0.15) is 0 Å². The summed E-state index contributed by atoms with van der Waals surface area (Å²) in [6, 6.07) is 9.52. The maximum absolute atomic E-state index is 11.9. The molecule has 0 amide bonds. The molecule has 0 spiro atoms. The maximum Gasteiger partial charge on any atom is 0.213 e. The van der Waals surface area contributed by atoms with Crippen LogP contribution < -0.4 is 10.0 Å². The highest BCUT2D eigenvalue weighted by molar-refractivity contribution is 7.89. The molecule has 0 saturated heterocycles. The lowest BCUT2D eigenvalue weighted by molar-refractivity contribution is 0.547. The molecule has 0 aliphatic rings. The number of hydrogen-bond donors (Lipinski definition) is 2. The Kier molecular flexibility index (Phi) is 6.32. The summed E-state index contributed by atoms with van der Waals surface area (Å²) in [5.41, 5.74) is 1.01. The molecule has 0 aliphatic heterocycles.